The van der Waals surface area contributed by atoms with Gasteiger partial charge in [-0.15, -0.1) is 6.42 Å². The van der Waals surface area contributed by atoms with Crippen LogP contribution in [-0.2, 0) is 18.9 Å². The average Bonchev–Trinajstić information content (AvgIpc) is 3.50. The normalized spacial score (nSPS) is 19.2. The molecule has 37 heavy (non-hydrogen) atoms. The van der Waals surface area contributed by atoms with Crippen LogP contribution < -0.4 is 5.73 Å². The molecule has 0 amide bonds. The van der Waals surface area contributed by atoms with Crippen LogP contribution in [0, 0.1) is 12.3 Å². The van der Waals surface area contributed by atoms with Gasteiger partial charge in [0.1, 0.15) is 17.7 Å². The highest BCUT2D eigenvalue weighted by atomic mass is 35.5. The van der Waals surface area contributed by atoms with Crippen molar-refractivity contribution in [3.05, 3.63) is 17.5 Å². The van der Waals surface area contributed by atoms with Crippen LogP contribution in [0.5, 0.6) is 0 Å². The van der Waals surface area contributed by atoms with Crippen molar-refractivity contribution in [3.8, 4) is 12.3 Å². The Bertz CT molecular complexity index is 1040. The van der Waals surface area contributed by atoms with E-state index < -0.39 is 11.8 Å². The van der Waals surface area contributed by atoms with E-state index >= 15 is 0 Å². The van der Waals surface area contributed by atoms with E-state index in [0.717, 1.165) is 19.3 Å². The minimum absolute atomic E-state index is 0.0618. The van der Waals surface area contributed by atoms with Crippen molar-refractivity contribution in [1.82, 2.24) is 14.5 Å². The fraction of sp³-hybridized carbons (Fsp3) is 0.667. The molecule has 0 saturated carbocycles. The number of nitrogens with zero attached hydrogens (tertiary/aromatic N) is 3. The fourth-order valence-electron chi connectivity index (χ4n) is 4.53. The second-order valence-corrected chi connectivity index (χ2v) is 9.82. The molecule has 204 valence electrons. The Morgan fingerprint density at radius 2 is 1.89 bits per heavy atom. The molecule has 0 aromatic carbocycles. The minimum Gasteiger partial charge on any atom is -0.434 e. The molecule has 2 N–H and O–H groups in total. The van der Waals surface area contributed by atoms with E-state index in [2.05, 4.69) is 22.8 Å². The maximum atomic E-state index is 11.8. The molecule has 0 aliphatic carbocycles. The van der Waals surface area contributed by atoms with Crippen LogP contribution in [-0.4, -0.2) is 46.3 Å². The number of carbonyl (C=O) groups is 1. The SMILES string of the molecule is C#CC1(COCOC(=O)OCCCCCCCCCCCC)CCC(n2ccc3c(N)nc(Cl)nc32)O1. The summed E-state index contributed by atoms with van der Waals surface area (Å²) in [5, 5.41) is 0.749. The third kappa shape index (κ3) is 8.77. The fourth-order valence-corrected chi connectivity index (χ4v) is 4.70. The Kier molecular flexibility index (Phi) is 11.8. The number of terminal acetylenes is 1. The van der Waals surface area contributed by atoms with Crippen LogP contribution in [0.2, 0.25) is 5.28 Å². The van der Waals surface area contributed by atoms with Crippen LogP contribution in [0.3, 0.4) is 0 Å². The van der Waals surface area contributed by atoms with Crippen LogP contribution in [0.1, 0.15) is 90.2 Å². The van der Waals surface area contributed by atoms with Gasteiger partial charge in [-0.2, -0.15) is 4.98 Å². The van der Waals surface area contributed by atoms with Crippen molar-refractivity contribution in [2.75, 3.05) is 25.7 Å². The summed E-state index contributed by atoms with van der Waals surface area (Å²) < 4.78 is 23.6. The van der Waals surface area contributed by atoms with Crippen molar-refractivity contribution in [1.29, 1.82) is 0 Å². The molecule has 10 heteroatoms. The predicted molar refractivity (Wildman–Crippen MR) is 143 cm³/mol. The monoisotopic (exact) mass is 534 g/mol. The second kappa shape index (κ2) is 15.0. The maximum Gasteiger partial charge on any atom is 0.510 e. The first-order valence-corrected chi connectivity index (χ1v) is 13.7. The molecule has 3 heterocycles. The van der Waals surface area contributed by atoms with E-state index in [0.29, 0.717) is 36.3 Å². The molecule has 2 atom stereocenters. The van der Waals surface area contributed by atoms with E-state index in [1.807, 2.05) is 16.8 Å². The number of hydrogen-bond donors (Lipinski definition) is 1. The number of aromatic nitrogens is 3. The quantitative estimate of drug-likeness (QED) is 0.0866. The third-order valence-electron chi connectivity index (χ3n) is 6.62. The van der Waals surface area contributed by atoms with Gasteiger partial charge in [-0.25, -0.2) is 9.78 Å². The average molecular weight is 535 g/mol. The molecule has 9 nitrogen and oxygen atoms in total. The first kappa shape index (κ1) is 29.0. The standard InChI is InChI=1S/C27H39ClN4O5/c1-3-5-6-7-8-9-10-11-12-13-18-35-26(33)36-20-34-19-27(4-2)16-14-22(37-27)32-17-15-21-23(29)30-25(28)31-24(21)32/h2,15,17,22H,3,5-14,16,18-20H2,1H3,(H2,29,30,31). The zero-order valence-corrected chi connectivity index (χ0v) is 22.5. The van der Waals surface area contributed by atoms with Crippen molar-refractivity contribution in [3.63, 3.8) is 0 Å². The van der Waals surface area contributed by atoms with E-state index in [1.165, 1.54) is 44.9 Å². The molecule has 1 aliphatic heterocycles. The molecular weight excluding hydrogens is 496 g/mol. The Morgan fingerprint density at radius 3 is 2.59 bits per heavy atom. The lowest BCUT2D eigenvalue weighted by Crippen LogP contribution is -2.33. The minimum atomic E-state index is -0.951. The molecule has 3 rings (SSSR count). The number of hydrogen-bond acceptors (Lipinski definition) is 8. The van der Waals surface area contributed by atoms with Gasteiger partial charge in [0.2, 0.25) is 5.28 Å². The first-order valence-electron chi connectivity index (χ1n) is 13.3. The molecule has 0 spiro atoms. The van der Waals surface area contributed by atoms with Gasteiger partial charge in [0.25, 0.3) is 0 Å². The summed E-state index contributed by atoms with van der Waals surface area (Å²) in [6, 6.07) is 1.81. The van der Waals surface area contributed by atoms with E-state index in [-0.39, 0.29) is 24.9 Å². The number of ether oxygens (including phenoxy) is 4. The van der Waals surface area contributed by atoms with Crippen LogP contribution >= 0.6 is 11.6 Å². The van der Waals surface area contributed by atoms with E-state index in [4.69, 9.17) is 42.7 Å². The highest BCUT2D eigenvalue weighted by molar-refractivity contribution is 6.28. The molecule has 0 radical (unpaired) electrons. The van der Waals surface area contributed by atoms with Crippen LogP contribution in [0.25, 0.3) is 11.0 Å². The maximum absolute atomic E-state index is 11.8. The van der Waals surface area contributed by atoms with Gasteiger partial charge in [-0.1, -0.05) is 70.6 Å². The summed E-state index contributed by atoms with van der Waals surface area (Å²) in [4.78, 5) is 20.1. The van der Waals surface area contributed by atoms with Gasteiger partial charge in [-0.05, 0) is 36.9 Å². The van der Waals surface area contributed by atoms with Gasteiger partial charge < -0.3 is 29.2 Å². The predicted octanol–water partition coefficient (Wildman–Crippen LogP) is 6.40. The van der Waals surface area contributed by atoms with E-state index in [1.54, 1.807) is 0 Å². The van der Waals surface area contributed by atoms with Gasteiger partial charge in [-0.3, -0.25) is 0 Å². The van der Waals surface area contributed by atoms with Gasteiger partial charge >= 0.3 is 6.16 Å². The largest absolute Gasteiger partial charge is 0.510 e. The molecule has 1 aliphatic rings. The summed E-state index contributed by atoms with van der Waals surface area (Å²) in [6.07, 6.45) is 19.9. The van der Waals surface area contributed by atoms with Crippen molar-refractivity contribution in [2.24, 2.45) is 0 Å². The summed E-state index contributed by atoms with van der Waals surface area (Å²) in [5.41, 5.74) is 5.56. The first-order chi connectivity index (χ1) is 18.0. The molecule has 1 fully saturated rings. The number of anilines is 1. The number of fused-ring (bicyclic) bond motifs is 1. The van der Waals surface area contributed by atoms with Gasteiger partial charge in [0.15, 0.2) is 12.4 Å². The van der Waals surface area contributed by atoms with Gasteiger partial charge in [0.05, 0.1) is 18.6 Å². The zero-order valence-electron chi connectivity index (χ0n) is 21.8. The van der Waals surface area contributed by atoms with Crippen molar-refractivity contribution >= 4 is 34.6 Å². The summed E-state index contributed by atoms with van der Waals surface area (Å²) in [7, 11) is 0. The lowest BCUT2D eigenvalue weighted by Gasteiger charge is -2.24. The number of rotatable bonds is 16. The number of halogens is 1. The Morgan fingerprint density at radius 1 is 1.19 bits per heavy atom. The Hall–Kier alpha value is -2.54. The topological polar surface area (TPSA) is 111 Å². The van der Waals surface area contributed by atoms with Crippen LogP contribution in [0.15, 0.2) is 12.3 Å². The molecule has 2 aromatic rings. The highest BCUT2D eigenvalue weighted by Crippen LogP contribution is 2.38. The third-order valence-corrected chi connectivity index (χ3v) is 6.79. The lowest BCUT2D eigenvalue weighted by molar-refractivity contribution is -0.113. The second-order valence-electron chi connectivity index (χ2n) is 9.48. The highest BCUT2D eigenvalue weighted by Gasteiger charge is 2.40. The smallest absolute Gasteiger partial charge is 0.434 e. The lowest BCUT2D eigenvalue weighted by atomic mass is 10.0. The summed E-state index contributed by atoms with van der Waals surface area (Å²) in [5.74, 6) is 2.99. The summed E-state index contributed by atoms with van der Waals surface area (Å²) in [6.45, 7) is 2.39. The number of nitrogens with two attached hydrogens (primary N) is 1. The molecule has 1 saturated heterocycles. The zero-order chi connectivity index (χ0) is 26.5. The van der Waals surface area contributed by atoms with Crippen LogP contribution in [0.4, 0.5) is 10.6 Å². The van der Waals surface area contributed by atoms with Crippen molar-refractivity contribution in [2.45, 2.75) is 95.8 Å². The molecule has 0 bridgehead atoms. The van der Waals surface area contributed by atoms with Crippen molar-refractivity contribution < 1.29 is 23.7 Å². The Labute approximate surface area is 224 Å². The Balaban J connectivity index is 1.29. The van der Waals surface area contributed by atoms with Gasteiger partial charge in [0, 0.05) is 6.20 Å². The number of unbranched alkanes of at least 4 members (excludes halogenated alkanes) is 9. The molecule has 2 aromatic heterocycles. The van der Waals surface area contributed by atoms with E-state index in [9.17, 15) is 4.79 Å². The number of carbonyl (C=O) groups excluding carboxylic acids is 1. The molecule has 2 unspecified atom stereocenters. The molecular formula is C27H39ClN4O5. The number of nitrogen functional groups attached to an aromatic ring is 1. The summed E-state index contributed by atoms with van der Waals surface area (Å²) >= 11 is 5.98.